The Morgan fingerprint density at radius 1 is 1.20 bits per heavy atom. The summed E-state index contributed by atoms with van der Waals surface area (Å²) in [6.07, 6.45) is 2.00. The zero-order valence-corrected chi connectivity index (χ0v) is 15.4. The molecule has 25 heavy (non-hydrogen) atoms. The molecule has 0 radical (unpaired) electrons. The van der Waals surface area contributed by atoms with Crippen molar-refractivity contribution in [2.75, 3.05) is 44.6 Å². The molecule has 2 amide bonds. The van der Waals surface area contributed by atoms with Crippen LogP contribution < -0.4 is 10.6 Å². The zero-order valence-electron chi connectivity index (χ0n) is 13.9. The fraction of sp³-hybridized carbons (Fsp3) is 0.529. The molecule has 0 aromatic heterocycles. The van der Waals surface area contributed by atoms with Crippen LogP contribution in [0, 0.1) is 0 Å². The van der Waals surface area contributed by atoms with Crippen LogP contribution in [0.1, 0.15) is 12.8 Å². The summed E-state index contributed by atoms with van der Waals surface area (Å²) in [7, 11) is 0. The topological polar surface area (TPSA) is 64.7 Å². The molecule has 1 unspecified atom stereocenters. The van der Waals surface area contributed by atoms with Crippen LogP contribution in [0.3, 0.4) is 0 Å². The first-order valence-corrected chi connectivity index (χ1v) is 9.28. The van der Waals surface area contributed by atoms with Crippen LogP contribution in [0.2, 0.25) is 10.0 Å². The summed E-state index contributed by atoms with van der Waals surface area (Å²) in [5.41, 5.74) is 0.543. The number of benzene rings is 1. The van der Waals surface area contributed by atoms with E-state index in [0.29, 0.717) is 48.5 Å². The van der Waals surface area contributed by atoms with Gasteiger partial charge in [-0.3, -0.25) is 9.69 Å². The number of carbonyl (C=O) groups excluding carboxylic acids is 2. The van der Waals surface area contributed by atoms with E-state index in [4.69, 9.17) is 23.2 Å². The van der Waals surface area contributed by atoms with Gasteiger partial charge in [0.15, 0.2) is 5.78 Å². The lowest BCUT2D eigenvalue weighted by atomic mass is 10.1. The lowest BCUT2D eigenvalue weighted by Gasteiger charge is -2.34. The third-order valence-corrected chi connectivity index (χ3v) is 5.21. The summed E-state index contributed by atoms with van der Waals surface area (Å²) in [6, 6.07) is 4.79. The predicted octanol–water partition coefficient (Wildman–Crippen LogP) is 2.46. The molecule has 2 fully saturated rings. The first kappa shape index (κ1) is 18.5. The second kappa shape index (κ2) is 8.36. The Hall–Kier alpha value is -1.34. The van der Waals surface area contributed by atoms with Gasteiger partial charge in [0.1, 0.15) is 0 Å². The number of nitrogens with one attached hydrogen (secondary N) is 2. The van der Waals surface area contributed by atoms with Crippen molar-refractivity contribution < 1.29 is 9.59 Å². The number of carbonyl (C=O) groups is 2. The van der Waals surface area contributed by atoms with E-state index in [9.17, 15) is 9.59 Å². The molecule has 2 aliphatic rings. The molecule has 6 nitrogen and oxygen atoms in total. The smallest absolute Gasteiger partial charge is 0.321 e. The molecule has 0 bridgehead atoms. The van der Waals surface area contributed by atoms with Gasteiger partial charge >= 0.3 is 6.03 Å². The molecule has 1 atom stereocenters. The fourth-order valence-corrected chi connectivity index (χ4v) is 3.64. The van der Waals surface area contributed by atoms with Crippen molar-refractivity contribution in [1.82, 2.24) is 15.1 Å². The Kier molecular flexibility index (Phi) is 6.17. The molecule has 136 valence electrons. The molecule has 3 rings (SSSR count). The summed E-state index contributed by atoms with van der Waals surface area (Å²) < 4.78 is 0. The largest absolute Gasteiger partial charge is 0.322 e. The molecule has 1 aromatic rings. The molecule has 2 heterocycles. The predicted molar refractivity (Wildman–Crippen MR) is 99.5 cm³/mol. The number of hydrogen-bond acceptors (Lipinski definition) is 4. The fourth-order valence-electron chi connectivity index (χ4n) is 3.18. The Bertz CT molecular complexity index is 642. The number of ketones is 1. The average molecular weight is 385 g/mol. The van der Waals surface area contributed by atoms with E-state index in [2.05, 4.69) is 15.5 Å². The van der Waals surface area contributed by atoms with Gasteiger partial charge < -0.3 is 15.5 Å². The molecular weight excluding hydrogens is 363 g/mol. The molecule has 2 N–H and O–H groups in total. The Labute approximate surface area is 157 Å². The van der Waals surface area contributed by atoms with E-state index in [0.717, 1.165) is 19.4 Å². The Morgan fingerprint density at radius 2 is 1.96 bits per heavy atom. The van der Waals surface area contributed by atoms with Crippen LogP contribution in [-0.2, 0) is 4.79 Å². The Balaban J connectivity index is 1.46. The van der Waals surface area contributed by atoms with Crippen LogP contribution >= 0.6 is 23.2 Å². The maximum atomic E-state index is 12.4. The minimum atomic E-state index is -0.187. The van der Waals surface area contributed by atoms with Crippen LogP contribution in [0.25, 0.3) is 0 Å². The summed E-state index contributed by atoms with van der Waals surface area (Å²) >= 11 is 11.9. The zero-order chi connectivity index (χ0) is 17.8. The minimum Gasteiger partial charge on any atom is -0.322 e. The van der Waals surface area contributed by atoms with E-state index in [1.54, 1.807) is 23.1 Å². The maximum absolute atomic E-state index is 12.4. The molecular formula is C17H22Cl2N4O2. The van der Waals surface area contributed by atoms with Gasteiger partial charge in [-0.25, -0.2) is 4.79 Å². The summed E-state index contributed by atoms with van der Waals surface area (Å²) in [4.78, 5) is 28.4. The second-order valence-electron chi connectivity index (χ2n) is 6.43. The van der Waals surface area contributed by atoms with Crippen LogP contribution in [0.4, 0.5) is 10.5 Å². The number of amides is 2. The van der Waals surface area contributed by atoms with E-state index < -0.39 is 0 Å². The lowest BCUT2D eigenvalue weighted by molar-refractivity contribution is -0.122. The molecule has 0 spiro atoms. The van der Waals surface area contributed by atoms with Crippen molar-refractivity contribution in [2.24, 2.45) is 0 Å². The number of Topliss-reactive ketones (excluding diaryl/α,β-unsaturated/α-hetero) is 1. The number of hydrogen-bond donors (Lipinski definition) is 2. The average Bonchev–Trinajstić information content (AvgIpc) is 3.13. The van der Waals surface area contributed by atoms with Crippen molar-refractivity contribution in [3.8, 4) is 0 Å². The molecule has 2 aliphatic heterocycles. The highest BCUT2D eigenvalue weighted by molar-refractivity contribution is 6.36. The monoisotopic (exact) mass is 384 g/mol. The minimum absolute atomic E-state index is 0.00775. The highest BCUT2D eigenvalue weighted by atomic mass is 35.5. The van der Waals surface area contributed by atoms with Gasteiger partial charge in [-0.1, -0.05) is 23.2 Å². The normalized spacial score (nSPS) is 21.4. The van der Waals surface area contributed by atoms with Crippen molar-refractivity contribution >= 4 is 40.7 Å². The SMILES string of the molecule is O=C(CN1CCN(C(=O)Nc2ccc(Cl)cc2Cl)CC1)C1CCCN1. The van der Waals surface area contributed by atoms with E-state index >= 15 is 0 Å². The van der Waals surface area contributed by atoms with E-state index in [-0.39, 0.29) is 17.9 Å². The maximum Gasteiger partial charge on any atom is 0.321 e. The first-order valence-electron chi connectivity index (χ1n) is 8.52. The van der Waals surface area contributed by atoms with Gasteiger partial charge in [0, 0.05) is 31.2 Å². The van der Waals surface area contributed by atoms with Gasteiger partial charge in [-0.05, 0) is 37.6 Å². The standard InChI is InChI=1S/C17H22Cl2N4O2/c18-12-3-4-14(13(19)10-12)21-17(25)23-8-6-22(7-9-23)11-16(24)15-2-1-5-20-15/h3-4,10,15,20H,1-2,5-9,11H2,(H,21,25). The molecule has 8 heteroatoms. The Morgan fingerprint density at radius 3 is 2.60 bits per heavy atom. The highest BCUT2D eigenvalue weighted by Gasteiger charge is 2.27. The summed E-state index contributed by atoms with van der Waals surface area (Å²) in [5.74, 6) is 0.253. The van der Waals surface area contributed by atoms with Crippen LogP contribution in [0.5, 0.6) is 0 Å². The van der Waals surface area contributed by atoms with Crippen LogP contribution in [-0.4, -0.2) is 66.9 Å². The third kappa shape index (κ3) is 4.85. The molecule has 0 aliphatic carbocycles. The van der Waals surface area contributed by atoms with E-state index in [1.165, 1.54) is 0 Å². The molecule has 2 saturated heterocycles. The van der Waals surface area contributed by atoms with Crippen LogP contribution in [0.15, 0.2) is 18.2 Å². The van der Waals surface area contributed by atoms with Gasteiger partial charge in [-0.2, -0.15) is 0 Å². The summed E-state index contributed by atoms with van der Waals surface area (Å²) in [5, 5.41) is 6.98. The number of anilines is 1. The first-order chi connectivity index (χ1) is 12.0. The third-order valence-electron chi connectivity index (χ3n) is 4.66. The van der Waals surface area contributed by atoms with Crippen molar-refractivity contribution in [3.63, 3.8) is 0 Å². The number of halogens is 2. The molecule has 1 aromatic carbocycles. The number of piperazine rings is 1. The number of nitrogens with zero attached hydrogens (tertiary/aromatic N) is 2. The summed E-state index contributed by atoms with van der Waals surface area (Å²) in [6.45, 7) is 3.94. The van der Waals surface area contributed by atoms with Gasteiger partial charge in [0.2, 0.25) is 0 Å². The lowest BCUT2D eigenvalue weighted by Crippen LogP contribution is -2.52. The van der Waals surface area contributed by atoms with Crippen molar-refractivity contribution in [1.29, 1.82) is 0 Å². The van der Waals surface area contributed by atoms with Crippen molar-refractivity contribution in [2.45, 2.75) is 18.9 Å². The number of urea groups is 1. The van der Waals surface area contributed by atoms with Gasteiger partial charge in [0.05, 0.1) is 23.3 Å². The van der Waals surface area contributed by atoms with Crippen molar-refractivity contribution in [3.05, 3.63) is 28.2 Å². The quantitative estimate of drug-likeness (QED) is 0.836. The second-order valence-corrected chi connectivity index (χ2v) is 7.28. The van der Waals surface area contributed by atoms with Gasteiger partial charge in [-0.15, -0.1) is 0 Å². The van der Waals surface area contributed by atoms with E-state index in [1.807, 2.05) is 0 Å². The van der Waals surface area contributed by atoms with Gasteiger partial charge in [0.25, 0.3) is 0 Å². The molecule has 0 saturated carbocycles. The highest BCUT2D eigenvalue weighted by Crippen LogP contribution is 2.25. The number of rotatable bonds is 4.